The number of nitrogens with one attached hydrogen (secondary N) is 2. The molecule has 1 heterocycles. The molecule has 0 bridgehead atoms. The summed E-state index contributed by atoms with van der Waals surface area (Å²) in [4.78, 5) is 18.7. The number of rotatable bonds is 5. The fraction of sp³-hybridized carbons (Fsp3) is 0.714. The van der Waals surface area contributed by atoms with Crippen LogP contribution in [0, 0.1) is 11.8 Å². The summed E-state index contributed by atoms with van der Waals surface area (Å²) in [7, 11) is 0. The van der Waals surface area contributed by atoms with Gasteiger partial charge in [-0.25, -0.2) is 4.98 Å². The first-order chi connectivity index (χ1) is 9.95. The number of amides is 1. The highest BCUT2D eigenvalue weighted by molar-refractivity contribution is 5.76. The summed E-state index contributed by atoms with van der Waals surface area (Å²) in [6.45, 7) is 0.490. The van der Waals surface area contributed by atoms with E-state index in [2.05, 4.69) is 15.3 Å². The first kappa shape index (κ1) is 15.9. The highest BCUT2D eigenvalue weighted by Gasteiger charge is 2.41. The van der Waals surface area contributed by atoms with Crippen LogP contribution >= 0.6 is 0 Å². The molecule has 0 unspecified atom stereocenters. The molecule has 0 saturated heterocycles. The van der Waals surface area contributed by atoms with Crippen LogP contribution in [0.5, 0.6) is 0 Å². The summed E-state index contributed by atoms with van der Waals surface area (Å²) >= 11 is 0. The van der Waals surface area contributed by atoms with E-state index in [1.54, 1.807) is 12.4 Å². The third-order valence-electron chi connectivity index (χ3n) is 4.02. The van der Waals surface area contributed by atoms with Gasteiger partial charge in [-0.15, -0.1) is 0 Å². The number of carbonyl (C=O) groups is 1. The Hall–Kier alpha value is -1.53. The molecule has 2 N–H and O–H groups in total. The molecule has 1 aromatic heterocycles. The molecule has 21 heavy (non-hydrogen) atoms. The molecule has 0 radical (unpaired) electrons. The van der Waals surface area contributed by atoms with Gasteiger partial charge in [0.1, 0.15) is 5.82 Å². The molecule has 1 amide bonds. The summed E-state index contributed by atoms with van der Waals surface area (Å²) < 4.78 is 37.6. The third kappa shape index (κ3) is 5.06. The van der Waals surface area contributed by atoms with Crippen LogP contribution in [0.15, 0.2) is 12.4 Å². The largest absolute Gasteiger partial charge is 0.391 e. The minimum absolute atomic E-state index is 0.0761. The molecule has 0 atom stereocenters. The standard InChI is InChI=1S/C14H20F3N3O/c15-14(16,17)11-3-1-10(2-4-11)9-13(21)20-6-5-12-18-7-8-19-12/h7-8,10-11H,1-6,9H2,(H,18,19)(H,20,21). The topological polar surface area (TPSA) is 57.8 Å². The zero-order chi connectivity index (χ0) is 15.3. The van der Waals surface area contributed by atoms with Crippen LogP contribution in [0.25, 0.3) is 0 Å². The Labute approximate surface area is 121 Å². The molecule has 1 aliphatic carbocycles. The van der Waals surface area contributed by atoms with Crippen LogP contribution in [0.2, 0.25) is 0 Å². The number of hydrogen-bond donors (Lipinski definition) is 2. The van der Waals surface area contributed by atoms with Gasteiger partial charge in [0.25, 0.3) is 0 Å². The Bertz CT molecular complexity index is 437. The van der Waals surface area contributed by atoms with E-state index in [0.717, 1.165) is 5.82 Å². The van der Waals surface area contributed by atoms with Gasteiger partial charge in [-0.3, -0.25) is 4.79 Å². The first-order valence-electron chi connectivity index (χ1n) is 7.27. The highest BCUT2D eigenvalue weighted by Crippen LogP contribution is 2.40. The van der Waals surface area contributed by atoms with Gasteiger partial charge in [0.15, 0.2) is 0 Å². The van der Waals surface area contributed by atoms with E-state index in [9.17, 15) is 18.0 Å². The summed E-state index contributed by atoms with van der Waals surface area (Å²) in [5.41, 5.74) is 0. The average molecular weight is 303 g/mol. The predicted molar refractivity (Wildman–Crippen MR) is 71.4 cm³/mol. The number of H-pyrrole nitrogens is 1. The molecule has 4 nitrogen and oxygen atoms in total. The molecule has 0 aliphatic heterocycles. The minimum Gasteiger partial charge on any atom is -0.356 e. The van der Waals surface area contributed by atoms with Gasteiger partial charge < -0.3 is 10.3 Å². The van der Waals surface area contributed by atoms with E-state index in [1.165, 1.54) is 0 Å². The van der Waals surface area contributed by atoms with Crippen LogP contribution < -0.4 is 5.32 Å². The average Bonchev–Trinajstić information content (AvgIpc) is 2.91. The monoisotopic (exact) mass is 303 g/mol. The summed E-state index contributed by atoms with van der Waals surface area (Å²) in [5.74, 6) is -0.388. The van der Waals surface area contributed by atoms with E-state index in [4.69, 9.17) is 0 Å². The van der Waals surface area contributed by atoms with Gasteiger partial charge in [-0.1, -0.05) is 0 Å². The number of alkyl halides is 3. The fourth-order valence-electron chi connectivity index (χ4n) is 2.78. The molecule has 0 aromatic carbocycles. The van der Waals surface area contributed by atoms with E-state index in [1.807, 2.05) is 0 Å². The molecule has 2 rings (SSSR count). The lowest BCUT2D eigenvalue weighted by Crippen LogP contribution is -2.31. The Balaban J connectivity index is 1.63. The van der Waals surface area contributed by atoms with E-state index < -0.39 is 12.1 Å². The van der Waals surface area contributed by atoms with Crippen molar-refractivity contribution in [3.63, 3.8) is 0 Å². The molecule has 1 saturated carbocycles. The van der Waals surface area contributed by atoms with Gasteiger partial charge >= 0.3 is 6.18 Å². The molecule has 1 fully saturated rings. The second kappa shape index (κ2) is 6.95. The third-order valence-corrected chi connectivity index (χ3v) is 4.02. The van der Waals surface area contributed by atoms with Crippen molar-refractivity contribution in [2.45, 2.75) is 44.7 Å². The lowest BCUT2D eigenvalue weighted by molar-refractivity contribution is -0.184. The van der Waals surface area contributed by atoms with Crippen LogP contribution in [0.4, 0.5) is 13.2 Å². The van der Waals surface area contributed by atoms with E-state index in [0.29, 0.717) is 32.2 Å². The second-order valence-corrected chi connectivity index (χ2v) is 5.60. The number of aromatic nitrogens is 2. The quantitative estimate of drug-likeness (QED) is 0.879. The summed E-state index contributed by atoms with van der Waals surface area (Å²) in [6, 6.07) is 0. The SMILES string of the molecule is O=C(CC1CCC(C(F)(F)F)CC1)NCCc1ncc[nH]1. The van der Waals surface area contributed by atoms with Gasteiger partial charge in [-0.05, 0) is 31.6 Å². The van der Waals surface area contributed by atoms with Crippen LogP contribution in [0.1, 0.15) is 37.9 Å². The molecular weight excluding hydrogens is 283 g/mol. The van der Waals surface area contributed by atoms with Crippen molar-refractivity contribution < 1.29 is 18.0 Å². The van der Waals surface area contributed by atoms with Gasteiger partial charge in [0.05, 0.1) is 5.92 Å². The van der Waals surface area contributed by atoms with Gasteiger partial charge in [0.2, 0.25) is 5.91 Å². The Morgan fingerprint density at radius 3 is 2.62 bits per heavy atom. The molecule has 0 spiro atoms. The van der Waals surface area contributed by atoms with Crippen molar-refractivity contribution in [3.05, 3.63) is 18.2 Å². The Kier molecular flexibility index (Phi) is 5.25. The number of imidazole rings is 1. The van der Waals surface area contributed by atoms with Crippen molar-refractivity contribution in [3.8, 4) is 0 Å². The highest BCUT2D eigenvalue weighted by atomic mass is 19.4. The number of halogens is 3. The molecule has 7 heteroatoms. The maximum atomic E-state index is 12.5. The van der Waals surface area contributed by atoms with Crippen molar-refractivity contribution in [2.75, 3.05) is 6.54 Å². The van der Waals surface area contributed by atoms with Gasteiger partial charge in [-0.2, -0.15) is 13.2 Å². The predicted octanol–water partition coefficient (Wildman–Crippen LogP) is 2.83. The lowest BCUT2D eigenvalue weighted by Gasteiger charge is -2.29. The minimum atomic E-state index is -4.09. The normalized spacial score (nSPS) is 23.0. The number of nitrogens with zero attached hydrogens (tertiary/aromatic N) is 1. The Morgan fingerprint density at radius 2 is 2.05 bits per heavy atom. The number of hydrogen-bond acceptors (Lipinski definition) is 2. The lowest BCUT2D eigenvalue weighted by atomic mass is 9.80. The maximum absolute atomic E-state index is 12.5. The van der Waals surface area contributed by atoms with Crippen molar-refractivity contribution in [2.24, 2.45) is 11.8 Å². The molecule has 1 aliphatic rings. The zero-order valence-electron chi connectivity index (χ0n) is 11.7. The van der Waals surface area contributed by atoms with Crippen LogP contribution in [-0.2, 0) is 11.2 Å². The first-order valence-corrected chi connectivity index (χ1v) is 7.27. The number of aromatic amines is 1. The Morgan fingerprint density at radius 1 is 1.33 bits per heavy atom. The van der Waals surface area contributed by atoms with Crippen LogP contribution in [0.3, 0.4) is 0 Å². The second-order valence-electron chi connectivity index (χ2n) is 5.60. The van der Waals surface area contributed by atoms with Crippen molar-refractivity contribution >= 4 is 5.91 Å². The van der Waals surface area contributed by atoms with Crippen molar-refractivity contribution in [1.82, 2.24) is 15.3 Å². The number of carbonyl (C=O) groups excluding carboxylic acids is 1. The zero-order valence-corrected chi connectivity index (χ0v) is 11.7. The van der Waals surface area contributed by atoms with Gasteiger partial charge in [0, 0.05) is 31.8 Å². The van der Waals surface area contributed by atoms with E-state index in [-0.39, 0.29) is 24.7 Å². The molecular formula is C14H20F3N3O. The molecule has 118 valence electrons. The summed E-state index contributed by atoms with van der Waals surface area (Å²) in [5, 5.41) is 2.79. The fourth-order valence-corrected chi connectivity index (χ4v) is 2.78. The van der Waals surface area contributed by atoms with Crippen molar-refractivity contribution in [1.29, 1.82) is 0 Å². The maximum Gasteiger partial charge on any atom is 0.391 e. The molecule has 1 aromatic rings. The van der Waals surface area contributed by atoms with E-state index >= 15 is 0 Å². The summed E-state index contributed by atoms with van der Waals surface area (Å²) in [6.07, 6.45) is 1.48. The smallest absolute Gasteiger partial charge is 0.356 e. The van der Waals surface area contributed by atoms with Crippen LogP contribution in [-0.4, -0.2) is 28.6 Å².